The number of aromatic nitrogens is 1. The highest BCUT2D eigenvalue weighted by Crippen LogP contribution is 2.19. The molecule has 2 aromatic rings. The number of nitriles is 1. The molecule has 0 saturated heterocycles. The number of benzene rings is 1. The van der Waals surface area contributed by atoms with Crippen molar-refractivity contribution >= 4 is 11.4 Å². The van der Waals surface area contributed by atoms with Gasteiger partial charge in [0.05, 0.1) is 19.6 Å². The topological polar surface area (TPSA) is 84.0 Å². The molecule has 1 aromatic carbocycles. The molecule has 0 radical (unpaired) electrons. The Balaban J connectivity index is 2.07. The summed E-state index contributed by atoms with van der Waals surface area (Å²) >= 11 is 0. The number of methoxy groups -OCH3 is 1. The van der Waals surface area contributed by atoms with Crippen molar-refractivity contribution < 1.29 is 4.74 Å². The van der Waals surface area contributed by atoms with E-state index in [1.807, 2.05) is 30.3 Å². The van der Waals surface area contributed by atoms with Gasteiger partial charge in [0.2, 0.25) is 5.88 Å². The Morgan fingerprint density at radius 2 is 2.20 bits per heavy atom. The zero-order valence-electron chi connectivity index (χ0n) is 11.3. The zero-order chi connectivity index (χ0) is 14.4. The van der Waals surface area contributed by atoms with Gasteiger partial charge in [0.15, 0.2) is 0 Å². The molecule has 0 fully saturated rings. The molecule has 5 heteroatoms. The number of hydrogen-bond acceptors (Lipinski definition) is 5. The summed E-state index contributed by atoms with van der Waals surface area (Å²) in [6.07, 6.45) is 2.02. The van der Waals surface area contributed by atoms with Gasteiger partial charge in [-0.2, -0.15) is 5.26 Å². The maximum absolute atomic E-state index is 8.75. The third-order valence-electron chi connectivity index (χ3n) is 2.92. The lowest BCUT2D eigenvalue weighted by Gasteiger charge is -2.10. The van der Waals surface area contributed by atoms with Crippen LogP contribution in [0.3, 0.4) is 0 Å². The Morgan fingerprint density at radius 1 is 1.35 bits per heavy atom. The predicted octanol–water partition coefficient (Wildman–Crippen LogP) is 2.35. The van der Waals surface area contributed by atoms with Gasteiger partial charge in [-0.1, -0.05) is 0 Å². The summed E-state index contributed by atoms with van der Waals surface area (Å²) in [4.78, 5) is 4.06. The normalized spacial score (nSPS) is 9.80. The monoisotopic (exact) mass is 268 g/mol. The van der Waals surface area contributed by atoms with Crippen molar-refractivity contribution in [2.75, 3.05) is 18.2 Å². The number of ether oxygens (including phenoxy) is 1. The van der Waals surface area contributed by atoms with E-state index in [2.05, 4.69) is 16.4 Å². The van der Waals surface area contributed by atoms with Gasteiger partial charge in [-0.15, -0.1) is 0 Å². The van der Waals surface area contributed by atoms with Gasteiger partial charge in [0.25, 0.3) is 0 Å². The minimum atomic E-state index is 0.310. The number of hydrogen-bond donors (Lipinski definition) is 2. The van der Waals surface area contributed by atoms with E-state index in [1.54, 1.807) is 13.3 Å². The molecule has 0 atom stereocenters. The van der Waals surface area contributed by atoms with E-state index in [1.165, 1.54) is 0 Å². The van der Waals surface area contributed by atoms with Crippen molar-refractivity contribution in [3.63, 3.8) is 0 Å². The molecule has 0 aliphatic carbocycles. The third-order valence-corrected chi connectivity index (χ3v) is 2.92. The van der Waals surface area contributed by atoms with Crippen molar-refractivity contribution in [3.05, 3.63) is 47.7 Å². The van der Waals surface area contributed by atoms with Crippen LogP contribution in [0.1, 0.15) is 11.1 Å². The molecule has 102 valence electrons. The molecule has 20 heavy (non-hydrogen) atoms. The quantitative estimate of drug-likeness (QED) is 0.813. The average molecular weight is 268 g/mol. The van der Waals surface area contributed by atoms with Gasteiger partial charge in [-0.25, -0.2) is 4.98 Å². The molecular formula is C15H16N4O. The fourth-order valence-corrected chi connectivity index (χ4v) is 1.83. The van der Waals surface area contributed by atoms with Gasteiger partial charge >= 0.3 is 0 Å². The molecule has 5 nitrogen and oxygen atoms in total. The molecule has 1 heterocycles. The Labute approximate surface area is 118 Å². The standard InChI is InChI=1S/C15H16N4O/c1-20-15-8-11(5-7-18-15)10-19-13-2-3-14(17)12(9-13)4-6-16/h2-3,5,7-9,19H,4,10,17H2,1H3. The lowest BCUT2D eigenvalue weighted by Crippen LogP contribution is -2.02. The molecule has 0 aliphatic rings. The Bertz CT molecular complexity index is 634. The maximum Gasteiger partial charge on any atom is 0.213 e. The Kier molecular flexibility index (Phi) is 4.40. The highest BCUT2D eigenvalue weighted by molar-refractivity contribution is 5.58. The fraction of sp³-hybridized carbons (Fsp3) is 0.200. The summed E-state index contributed by atoms with van der Waals surface area (Å²) in [6, 6.07) is 11.5. The first-order chi connectivity index (χ1) is 9.72. The number of nitrogens with one attached hydrogen (secondary N) is 1. The van der Waals surface area contributed by atoms with Crippen LogP contribution >= 0.6 is 0 Å². The number of rotatable bonds is 5. The van der Waals surface area contributed by atoms with Gasteiger partial charge < -0.3 is 15.8 Å². The molecule has 2 rings (SSSR count). The highest BCUT2D eigenvalue weighted by atomic mass is 16.5. The van der Waals surface area contributed by atoms with E-state index in [4.69, 9.17) is 15.7 Å². The Morgan fingerprint density at radius 3 is 2.95 bits per heavy atom. The van der Waals surface area contributed by atoms with Crippen LogP contribution in [0.4, 0.5) is 11.4 Å². The summed E-state index contributed by atoms with van der Waals surface area (Å²) in [7, 11) is 1.59. The van der Waals surface area contributed by atoms with Crippen LogP contribution in [0, 0.1) is 11.3 Å². The third kappa shape index (κ3) is 3.39. The van der Waals surface area contributed by atoms with Crippen LogP contribution in [-0.2, 0) is 13.0 Å². The summed E-state index contributed by atoms with van der Waals surface area (Å²) in [6.45, 7) is 0.648. The van der Waals surface area contributed by atoms with Crippen molar-refractivity contribution in [1.82, 2.24) is 4.98 Å². The van der Waals surface area contributed by atoms with Crippen LogP contribution in [0.15, 0.2) is 36.5 Å². The largest absolute Gasteiger partial charge is 0.481 e. The molecule has 0 saturated carbocycles. The zero-order valence-corrected chi connectivity index (χ0v) is 11.3. The fourth-order valence-electron chi connectivity index (χ4n) is 1.83. The van der Waals surface area contributed by atoms with E-state index in [-0.39, 0.29) is 0 Å². The minimum absolute atomic E-state index is 0.310. The van der Waals surface area contributed by atoms with Gasteiger partial charge in [-0.3, -0.25) is 0 Å². The SMILES string of the molecule is COc1cc(CNc2ccc(N)c(CC#N)c2)ccn1. The van der Waals surface area contributed by atoms with Crippen molar-refractivity contribution in [2.24, 2.45) is 0 Å². The van der Waals surface area contributed by atoms with Crippen molar-refractivity contribution in [3.8, 4) is 11.9 Å². The van der Waals surface area contributed by atoms with Crippen LogP contribution in [-0.4, -0.2) is 12.1 Å². The molecule has 0 amide bonds. The highest BCUT2D eigenvalue weighted by Gasteiger charge is 2.02. The van der Waals surface area contributed by atoms with Crippen molar-refractivity contribution in [1.29, 1.82) is 5.26 Å². The van der Waals surface area contributed by atoms with Crippen LogP contribution in [0.2, 0.25) is 0 Å². The van der Waals surface area contributed by atoms with E-state index in [0.29, 0.717) is 24.5 Å². The number of anilines is 2. The molecule has 0 aliphatic heterocycles. The van der Waals surface area contributed by atoms with Crippen LogP contribution in [0.25, 0.3) is 0 Å². The minimum Gasteiger partial charge on any atom is -0.481 e. The Hall–Kier alpha value is -2.74. The molecule has 0 spiro atoms. The molecule has 0 bridgehead atoms. The molecule has 3 N–H and O–H groups in total. The second kappa shape index (κ2) is 6.43. The van der Waals surface area contributed by atoms with E-state index in [0.717, 1.165) is 16.8 Å². The molecule has 0 unspecified atom stereocenters. The smallest absolute Gasteiger partial charge is 0.213 e. The average Bonchev–Trinajstić information content (AvgIpc) is 2.48. The van der Waals surface area contributed by atoms with E-state index in [9.17, 15) is 0 Å². The lowest BCUT2D eigenvalue weighted by atomic mass is 10.1. The second-order valence-corrected chi connectivity index (χ2v) is 4.31. The van der Waals surface area contributed by atoms with Crippen LogP contribution in [0.5, 0.6) is 5.88 Å². The van der Waals surface area contributed by atoms with E-state index < -0.39 is 0 Å². The van der Waals surface area contributed by atoms with Crippen molar-refractivity contribution in [2.45, 2.75) is 13.0 Å². The first-order valence-corrected chi connectivity index (χ1v) is 6.21. The molecular weight excluding hydrogens is 252 g/mol. The number of nitrogens with two attached hydrogens (primary N) is 1. The number of pyridine rings is 1. The van der Waals surface area contributed by atoms with Gasteiger partial charge in [0, 0.05) is 30.2 Å². The summed E-state index contributed by atoms with van der Waals surface area (Å²) in [5.74, 6) is 0.590. The number of nitrogen functional groups attached to an aromatic ring is 1. The first kappa shape index (κ1) is 13.7. The predicted molar refractivity (Wildman–Crippen MR) is 78.3 cm³/mol. The number of nitrogens with zero attached hydrogens (tertiary/aromatic N) is 2. The second-order valence-electron chi connectivity index (χ2n) is 4.31. The summed E-state index contributed by atoms with van der Waals surface area (Å²) in [5.41, 5.74) is 9.29. The maximum atomic E-state index is 8.75. The lowest BCUT2D eigenvalue weighted by molar-refractivity contribution is 0.397. The molecule has 1 aromatic heterocycles. The summed E-state index contributed by atoms with van der Waals surface area (Å²) in [5, 5.41) is 12.0. The van der Waals surface area contributed by atoms with Gasteiger partial charge in [0.1, 0.15) is 0 Å². The van der Waals surface area contributed by atoms with Crippen LogP contribution < -0.4 is 15.8 Å². The van der Waals surface area contributed by atoms with Gasteiger partial charge in [-0.05, 0) is 35.4 Å². The summed E-state index contributed by atoms with van der Waals surface area (Å²) < 4.78 is 5.08. The van der Waals surface area contributed by atoms with E-state index >= 15 is 0 Å². The first-order valence-electron chi connectivity index (χ1n) is 6.21.